The van der Waals surface area contributed by atoms with Gasteiger partial charge in [0.2, 0.25) is 0 Å². The van der Waals surface area contributed by atoms with Gasteiger partial charge in [-0.25, -0.2) is 0 Å². The standard InChI is InChI=1S/C13H23NS/c1-5-14-13(10(2)3)9-8-12-7-6-11(4)15-12/h6-7,10,13-14H,5,8-9H2,1-4H3. The number of hydrogen-bond acceptors (Lipinski definition) is 2. The van der Waals surface area contributed by atoms with Gasteiger partial charge in [0.05, 0.1) is 0 Å². The second-order valence-corrected chi connectivity index (χ2v) is 5.83. The van der Waals surface area contributed by atoms with Crippen LogP contribution >= 0.6 is 11.3 Å². The van der Waals surface area contributed by atoms with Crippen molar-refractivity contribution in [3.63, 3.8) is 0 Å². The molecule has 0 aromatic carbocycles. The normalized spacial score (nSPS) is 13.4. The number of hydrogen-bond donors (Lipinski definition) is 1. The average Bonchev–Trinajstić information content (AvgIpc) is 2.58. The summed E-state index contributed by atoms with van der Waals surface area (Å²) in [5, 5.41) is 3.56. The summed E-state index contributed by atoms with van der Waals surface area (Å²) >= 11 is 1.93. The second-order valence-electron chi connectivity index (χ2n) is 4.46. The van der Waals surface area contributed by atoms with E-state index in [-0.39, 0.29) is 0 Å². The van der Waals surface area contributed by atoms with Crippen LogP contribution in [0.25, 0.3) is 0 Å². The first-order valence-corrected chi connectivity index (χ1v) is 6.73. The molecule has 2 heteroatoms. The van der Waals surface area contributed by atoms with Gasteiger partial charge in [-0.15, -0.1) is 11.3 Å². The van der Waals surface area contributed by atoms with Crippen molar-refractivity contribution in [3.05, 3.63) is 21.9 Å². The molecule has 0 amide bonds. The third-order valence-electron chi connectivity index (χ3n) is 2.77. The van der Waals surface area contributed by atoms with Crippen molar-refractivity contribution in [2.24, 2.45) is 5.92 Å². The van der Waals surface area contributed by atoms with Crippen LogP contribution in [0.15, 0.2) is 12.1 Å². The number of thiophene rings is 1. The minimum absolute atomic E-state index is 0.664. The molecule has 0 fully saturated rings. The van der Waals surface area contributed by atoms with E-state index in [0.717, 1.165) is 12.5 Å². The molecule has 1 N–H and O–H groups in total. The Hall–Kier alpha value is -0.340. The van der Waals surface area contributed by atoms with E-state index < -0.39 is 0 Å². The van der Waals surface area contributed by atoms with Gasteiger partial charge in [0.15, 0.2) is 0 Å². The molecule has 1 atom stereocenters. The molecule has 1 aromatic heterocycles. The van der Waals surface area contributed by atoms with Crippen LogP contribution in [0, 0.1) is 12.8 Å². The lowest BCUT2D eigenvalue weighted by Crippen LogP contribution is -2.33. The first-order chi connectivity index (χ1) is 7.13. The molecule has 1 nitrogen and oxygen atoms in total. The van der Waals surface area contributed by atoms with Crippen molar-refractivity contribution in [1.29, 1.82) is 0 Å². The molecule has 0 bridgehead atoms. The first-order valence-electron chi connectivity index (χ1n) is 5.92. The van der Waals surface area contributed by atoms with Crippen molar-refractivity contribution in [3.8, 4) is 0 Å². The van der Waals surface area contributed by atoms with Crippen LogP contribution < -0.4 is 5.32 Å². The molecule has 0 aliphatic heterocycles. The van der Waals surface area contributed by atoms with Crippen molar-refractivity contribution in [1.82, 2.24) is 5.32 Å². The third kappa shape index (κ3) is 4.35. The van der Waals surface area contributed by atoms with Gasteiger partial charge in [-0.1, -0.05) is 20.8 Å². The lowest BCUT2D eigenvalue weighted by atomic mass is 9.99. The van der Waals surface area contributed by atoms with E-state index in [1.54, 1.807) is 0 Å². The largest absolute Gasteiger partial charge is 0.314 e. The van der Waals surface area contributed by atoms with Crippen LogP contribution in [0.4, 0.5) is 0 Å². The Kier molecular flexibility index (Phi) is 5.34. The lowest BCUT2D eigenvalue weighted by Gasteiger charge is -2.21. The smallest absolute Gasteiger partial charge is 0.00933 e. The topological polar surface area (TPSA) is 12.0 Å². The Morgan fingerprint density at radius 3 is 2.53 bits per heavy atom. The highest BCUT2D eigenvalue weighted by atomic mass is 32.1. The Morgan fingerprint density at radius 2 is 2.07 bits per heavy atom. The quantitative estimate of drug-likeness (QED) is 0.779. The molecule has 0 spiro atoms. The molecule has 86 valence electrons. The summed E-state index contributed by atoms with van der Waals surface area (Å²) in [6.45, 7) is 10.0. The minimum atomic E-state index is 0.664. The maximum absolute atomic E-state index is 3.56. The fourth-order valence-corrected chi connectivity index (χ4v) is 2.76. The van der Waals surface area contributed by atoms with E-state index >= 15 is 0 Å². The van der Waals surface area contributed by atoms with Gasteiger partial charge in [-0.05, 0) is 44.4 Å². The molecule has 1 unspecified atom stereocenters. The predicted molar refractivity (Wildman–Crippen MR) is 69.7 cm³/mol. The SMILES string of the molecule is CCNC(CCc1ccc(C)s1)C(C)C. The minimum Gasteiger partial charge on any atom is -0.314 e. The summed E-state index contributed by atoms with van der Waals surface area (Å²) in [6.07, 6.45) is 2.47. The average molecular weight is 225 g/mol. The summed E-state index contributed by atoms with van der Waals surface area (Å²) in [7, 11) is 0. The first kappa shape index (κ1) is 12.7. The predicted octanol–water partition coefficient (Wildman–Crippen LogP) is 3.62. The zero-order valence-electron chi connectivity index (χ0n) is 10.3. The summed E-state index contributed by atoms with van der Waals surface area (Å²) in [4.78, 5) is 2.95. The van der Waals surface area contributed by atoms with Gasteiger partial charge in [0.25, 0.3) is 0 Å². The van der Waals surface area contributed by atoms with E-state index in [2.05, 4.69) is 45.1 Å². The fraction of sp³-hybridized carbons (Fsp3) is 0.692. The maximum atomic E-state index is 3.56. The lowest BCUT2D eigenvalue weighted by molar-refractivity contribution is 0.386. The van der Waals surface area contributed by atoms with Gasteiger partial charge >= 0.3 is 0 Å². The molecule has 0 aliphatic carbocycles. The van der Waals surface area contributed by atoms with Gasteiger partial charge < -0.3 is 5.32 Å². The molecular formula is C13H23NS. The zero-order valence-corrected chi connectivity index (χ0v) is 11.2. The Bertz CT molecular complexity index is 278. The van der Waals surface area contributed by atoms with Crippen LogP contribution in [-0.4, -0.2) is 12.6 Å². The van der Waals surface area contributed by atoms with Crippen LogP contribution in [0.3, 0.4) is 0 Å². The molecule has 0 saturated heterocycles. The highest BCUT2D eigenvalue weighted by Gasteiger charge is 2.11. The van der Waals surface area contributed by atoms with E-state index in [1.165, 1.54) is 22.6 Å². The van der Waals surface area contributed by atoms with E-state index in [1.807, 2.05) is 11.3 Å². The Labute approximate surface area is 97.9 Å². The van der Waals surface area contributed by atoms with Gasteiger partial charge in [-0.2, -0.15) is 0 Å². The zero-order chi connectivity index (χ0) is 11.3. The van der Waals surface area contributed by atoms with Crippen LogP contribution in [-0.2, 0) is 6.42 Å². The fourth-order valence-electron chi connectivity index (χ4n) is 1.85. The summed E-state index contributed by atoms with van der Waals surface area (Å²) in [5.74, 6) is 0.728. The Balaban J connectivity index is 2.39. The van der Waals surface area contributed by atoms with E-state index in [9.17, 15) is 0 Å². The third-order valence-corrected chi connectivity index (χ3v) is 3.83. The second kappa shape index (κ2) is 6.29. The highest BCUT2D eigenvalue weighted by Crippen LogP contribution is 2.18. The van der Waals surface area contributed by atoms with Crippen molar-refractivity contribution >= 4 is 11.3 Å². The molecule has 0 radical (unpaired) electrons. The van der Waals surface area contributed by atoms with Gasteiger partial charge in [0.1, 0.15) is 0 Å². The number of nitrogens with one attached hydrogen (secondary N) is 1. The van der Waals surface area contributed by atoms with E-state index in [0.29, 0.717) is 6.04 Å². The Morgan fingerprint density at radius 1 is 1.33 bits per heavy atom. The van der Waals surface area contributed by atoms with Crippen LogP contribution in [0.1, 0.15) is 36.9 Å². The molecule has 1 heterocycles. The summed E-state index contributed by atoms with van der Waals surface area (Å²) in [6, 6.07) is 5.15. The number of rotatable bonds is 6. The van der Waals surface area contributed by atoms with Crippen LogP contribution in [0.5, 0.6) is 0 Å². The molecule has 0 saturated carbocycles. The molecule has 0 aliphatic rings. The molecule has 1 aromatic rings. The van der Waals surface area contributed by atoms with Gasteiger partial charge in [0, 0.05) is 15.8 Å². The number of aryl methyl sites for hydroxylation is 2. The highest BCUT2D eigenvalue weighted by molar-refractivity contribution is 7.11. The van der Waals surface area contributed by atoms with Crippen molar-refractivity contribution in [2.45, 2.75) is 46.6 Å². The monoisotopic (exact) mass is 225 g/mol. The molecular weight excluding hydrogens is 202 g/mol. The summed E-state index contributed by atoms with van der Waals surface area (Å²) in [5.41, 5.74) is 0. The maximum Gasteiger partial charge on any atom is 0.00933 e. The molecule has 1 rings (SSSR count). The molecule has 15 heavy (non-hydrogen) atoms. The van der Waals surface area contributed by atoms with Crippen LogP contribution in [0.2, 0.25) is 0 Å². The van der Waals surface area contributed by atoms with E-state index in [4.69, 9.17) is 0 Å². The van der Waals surface area contributed by atoms with Gasteiger partial charge in [-0.3, -0.25) is 0 Å². The summed E-state index contributed by atoms with van der Waals surface area (Å²) < 4.78 is 0. The van der Waals surface area contributed by atoms with Crippen molar-refractivity contribution in [2.75, 3.05) is 6.54 Å². The van der Waals surface area contributed by atoms with Crippen molar-refractivity contribution < 1.29 is 0 Å².